The van der Waals surface area contributed by atoms with Crippen LogP contribution in [0.25, 0.3) is 0 Å². The van der Waals surface area contributed by atoms with Crippen LogP contribution in [0.15, 0.2) is 64.6 Å². The van der Waals surface area contributed by atoms with Crippen LogP contribution in [0.2, 0.25) is 5.02 Å². The van der Waals surface area contributed by atoms with Crippen molar-refractivity contribution in [3.8, 4) is 17.2 Å². The topological polar surface area (TPSA) is 107 Å². The maximum absolute atomic E-state index is 13.5. The van der Waals surface area contributed by atoms with Crippen LogP contribution in [0, 0.1) is 13.8 Å². The lowest BCUT2D eigenvalue weighted by molar-refractivity contribution is -0.119. The van der Waals surface area contributed by atoms with Gasteiger partial charge in [-0.1, -0.05) is 29.3 Å². The second kappa shape index (κ2) is 12.0. The van der Waals surface area contributed by atoms with E-state index in [4.69, 9.17) is 25.8 Å². The number of nitrogens with zero attached hydrogens (tertiary/aromatic N) is 2. The summed E-state index contributed by atoms with van der Waals surface area (Å²) in [5.41, 5.74) is 4.78. The second-order valence-corrected chi connectivity index (χ2v) is 10.3. The molecule has 0 aliphatic rings. The van der Waals surface area contributed by atoms with Crippen molar-refractivity contribution in [2.45, 2.75) is 18.7 Å². The molecular weight excluding hydrogens is 518 g/mol. The van der Waals surface area contributed by atoms with E-state index < -0.39 is 22.5 Å². The van der Waals surface area contributed by atoms with Crippen molar-refractivity contribution in [2.75, 3.05) is 32.2 Å². The van der Waals surface area contributed by atoms with Crippen LogP contribution in [-0.2, 0) is 14.8 Å². The van der Waals surface area contributed by atoms with E-state index >= 15 is 0 Å². The molecule has 0 radical (unpaired) electrons. The minimum absolute atomic E-state index is 0.0566. The van der Waals surface area contributed by atoms with E-state index in [1.54, 1.807) is 49.4 Å². The lowest BCUT2D eigenvalue weighted by Gasteiger charge is -2.25. The number of carbonyl (C=O) groups excluding carboxylic acids is 1. The van der Waals surface area contributed by atoms with Crippen molar-refractivity contribution < 1.29 is 27.4 Å². The molecule has 0 saturated carbocycles. The van der Waals surface area contributed by atoms with Gasteiger partial charge >= 0.3 is 0 Å². The van der Waals surface area contributed by atoms with E-state index in [9.17, 15) is 13.2 Å². The first-order chi connectivity index (χ1) is 17.6. The summed E-state index contributed by atoms with van der Waals surface area (Å²) in [6.07, 6.45) is 1.38. The van der Waals surface area contributed by atoms with Gasteiger partial charge in [0.25, 0.3) is 15.9 Å². The Balaban J connectivity index is 1.88. The quantitative estimate of drug-likeness (QED) is 0.300. The van der Waals surface area contributed by atoms with Crippen molar-refractivity contribution in [3.63, 3.8) is 0 Å². The van der Waals surface area contributed by atoms with Gasteiger partial charge in [-0.2, -0.15) is 5.10 Å². The zero-order chi connectivity index (χ0) is 27.2. The molecule has 0 heterocycles. The molecule has 0 fully saturated rings. The maximum atomic E-state index is 13.5. The fraction of sp³-hybridized carbons (Fsp3) is 0.231. The van der Waals surface area contributed by atoms with Crippen molar-refractivity contribution >= 4 is 39.4 Å². The molecule has 1 N–H and O–H groups in total. The van der Waals surface area contributed by atoms with Gasteiger partial charge in [-0.25, -0.2) is 13.8 Å². The van der Waals surface area contributed by atoms with Gasteiger partial charge in [0.15, 0.2) is 11.5 Å². The molecular formula is C26H28ClN3O6S. The molecule has 1 amide bonds. The van der Waals surface area contributed by atoms with Crippen molar-refractivity contribution in [1.82, 2.24) is 5.43 Å². The number of amides is 1. The molecule has 0 atom stereocenters. The highest BCUT2D eigenvalue weighted by molar-refractivity contribution is 7.92. The number of hydrazone groups is 1. The zero-order valence-corrected chi connectivity index (χ0v) is 22.7. The number of halogens is 1. The van der Waals surface area contributed by atoms with E-state index in [2.05, 4.69) is 10.5 Å². The fourth-order valence-corrected chi connectivity index (χ4v) is 5.27. The molecule has 9 nitrogen and oxygen atoms in total. The average molecular weight is 546 g/mol. The van der Waals surface area contributed by atoms with E-state index in [0.717, 1.165) is 9.87 Å². The molecule has 3 rings (SSSR count). The van der Waals surface area contributed by atoms with Crippen molar-refractivity contribution in [3.05, 3.63) is 76.3 Å². The molecule has 0 bridgehead atoms. The summed E-state index contributed by atoms with van der Waals surface area (Å²) in [5.74, 6) is 0.613. The summed E-state index contributed by atoms with van der Waals surface area (Å²) < 4.78 is 44.1. The summed E-state index contributed by atoms with van der Waals surface area (Å²) in [7, 11) is 0.395. The zero-order valence-electron chi connectivity index (χ0n) is 21.1. The largest absolute Gasteiger partial charge is 0.493 e. The van der Waals surface area contributed by atoms with Crippen LogP contribution in [0.1, 0.15) is 16.7 Å². The van der Waals surface area contributed by atoms with E-state index in [-0.39, 0.29) is 4.90 Å². The molecule has 3 aromatic rings. The van der Waals surface area contributed by atoms with Crippen molar-refractivity contribution in [2.24, 2.45) is 5.10 Å². The number of nitrogens with one attached hydrogen (secondary N) is 1. The number of ether oxygens (including phenoxy) is 3. The highest BCUT2D eigenvalue weighted by Gasteiger charge is 2.28. The van der Waals surface area contributed by atoms with Gasteiger partial charge in [0.1, 0.15) is 6.54 Å². The minimum Gasteiger partial charge on any atom is -0.493 e. The number of hydrogen-bond donors (Lipinski definition) is 1. The molecule has 11 heteroatoms. The highest BCUT2D eigenvalue weighted by atomic mass is 35.5. The van der Waals surface area contributed by atoms with Gasteiger partial charge in [-0.05, 0) is 61.9 Å². The normalized spacial score (nSPS) is 11.3. The number of carbonyl (C=O) groups is 1. The molecule has 0 aromatic heterocycles. The van der Waals surface area contributed by atoms with Crippen LogP contribution in [0.5, 0.6) is 17.2 Å². The lowest BCUT2D eigenvalue weighted by atomic mass is 10.2. The molecule has 0 spiro atoms. The summed E-state index contributed by atoms with van der Waals surface area (Å²) in [5, 5.41) is 4.43. The van der Waals surface area contributed by atoms with Gasteiger partial charge < -0.3 is 14.2 Å². The highest BCUT2D eigenvalue weighted by Crippen LogP contribution is 2.37. The first-order valence-electron chi connectivity index (χ1n) is 11.1. The minimum atomic E-state index is -4.07. The number of sulfonamides is 1. The summed E-state index contributed by atoms with van der Waals surface area (Å²) in [4.78, 5) is 12.9. The van der Waals surface area contributed by atoms with E-state index in [1.807, 2.05) is 6.92 Å². The van der Waals surface area contributed by atoms with E-state index in [0.29, 0.717) is 39.1 Å². The molecule has 0 unspecified atom stereocenters. The van der Waals surface area contributed by atoms with Crippen LogP contribution < -0.4 is 23.9 Å². The Morgan fingerprint density at radius 3 is 2.14 bits per heavy atom. The van der Waals surface area contributed by atoms with Gasteiger partial charge in [-0.3, -0.25) is 9.10 Å². The molecule has 0 aliphatic heterocycles. The number of hydrogen-bond acceptors (Lipinski definition) is 7. The van der Waals surface area contributed by atoms with Gasteiger partial charge in [0.05, 0.1) is 38.1 Å². The Bertz CT molecular complexity index is 1380. The predicted molar refractivity (Wildman–Crippen MR) is 144 cm³/mol. The Labute approximate surface area is 221 Å². The Morgan fingerprint density at radius 2 is 1.59 bits per heavy atom. The van der Waals surface area contributed by atoms with Crippen LogP contribution in [0.4, 0.5) is 5.69 Å². The summed E-state index contributed by atoms with van der Waals surface area (Å²) in [6.45, 7) is 3.07. The second-order valence-electron chi connectivity index (χ2n) is 8.01. The van der Waals surface area contributed by atoms with Crippen molar-refractivity contribution in [1.29, 1.82) is 0 Å². The number of methoxy groups -OCH3 is 3. The molecule has 0 saturated heterocycles. The molecule has 3 aromatic carbocycles. The first-order valence-corrected chi connectivity index (χ1v) is 12.9. The van der Waals surface area contributed by atoms with Gasteiger partial charge in [0, 0.05) is 10.6 Å². The Morgan fingerprint density at radius 1 is 0.973 bits per heavy atom. The number of anilines is 1. The average Bonchev–Trinajstić information content (AvgIpc) is 2.87. The lowest BCUT2D eigenvalue weighted by Crippen LogP contribution is -2.40. The Hall–Kier alpha value is -3.76. The molecule has 37 heavy (non-hydrogen) atoms. The summed E-state index contributed by atoms with van der Waals surface area (Å²) >= 11 is 6.07. The smallest absolute Gasteiger partial charge is 0.264 e. The monoisotopic (exact) mass is 545 g/mol. The van der Waals surface area contributed by atoms with E-state index in [1.165, 1.54) is 39.7 Å². The molecule has 0 aliphatic carbocycles. The fourth-order valence-electron chi connectivity index (χ4n) is 3.56. The predicted octanol–water partition coefficient (Wildman–Crippen LogP) is 4.33. The van der Waals surface area contributed by atoms with Gasteiger partial charge in [-0.15, -0.1) is 0 Å². The number of rotatable bonds is 10. The summed E-state index contributed by atoms with van der Waals surface area (Å²) in [6, 6.07) is 14.5. The van der Waals surface area contributed by atoms with Crippen LogP contribution in [-0.4, -0.2) is 48.4 Å². The SMILES string of the molecule is COc1cc(/C=N\NC(=O)CN(c2ccc(Cl)cc2C)S(=O)(=O)c2ccc(C)cc2)cc(OC)c1OC. The van der Waals surface area contributed by atoms with Crippen LogP contribution >= 0.6 is 11.6 Å². The number of aryl methyl sites for hydroxylation is 2. The van der Waals surface area contributed by atoms with Crippen LogP contribution in [0.3, 0.4) is 0 Å². The third kappa shape index (κ3) is 6.52. The number of benzene rings is 3. The third-order valence-electron chi connectivity index (χ3n) is 5.41. The first kappa shape index (κ1) is 27.8. The standard InChI is InChI=1S/C26H28ClN3O6S/c1-17-6-9-21(10-7-17)37(32,33)30(22-11-8-20(27)12-18(22)2)16-25(31)29-28-15-19-13-23(34-3)26(36-5)24(14-19)35-4/h6-15H,16H2,1-5H3,(H,29,31)/b28-15-. The third-order valence-corrected chi connectivity index (χ3v) is 7.42. The molecule has 196 valence electrons. The van der Waals surface area contributed by atoms with Gasteiger partial charge in [0.2, 0.25) is 5.75 Å². The maximum Gasteiger partial charge on any atom is 0.264 e. The Kier molecular flexibility index (Phi) is 9.01.